The number of aromatic nitrogens is 4. The quantitative estimate of drug-likeness (QED) is 0.326. The van der Waals surface area contributed by atoms with Gasteiger partial charge in [-0.2, -0.15) is 0 Å². The molecule has 2 aromatic heterocycles. The van der Waals surface area contributed by atoms with Crippen LogP contribution in [0.2, 0.25) is 0 Å². The molecule has 0 N–H and O–H groups in total. The third-order valence-corrected chi connectivity index (χ3v) is 6.77. The van der Waals surface area contributed by atoms with Crippen molar-refractivity contribution < 1.29 is 0 Å². The van der Waals surface area contributed by atoms with E-state index in [1.165, 1.54) is 24.8 Å². The van der Waals surface area contributed by atoms with Crippen LogP contribution in [0.1, 0.15) is 24.8 Å². The third kappa shape index (κ3) is 3.72. The molecule has 1 unspecified atom stereocenters. The molecular weight excluding hydrogens is 418 g/mol. The van der Waals surface area contributed by atoms with E-state index in [0.29, 0.717) is 35.2 Å². The van der Waals surface area contributed by atoms with Crippen molar-refractivity contribution in [3.63, 3.8) is 0 Å². The molecule has 32 heavy (non-hydrogen) atoms. The summed E-state index contributed by atoms with van der Waals surface area (Å²) in [5, 5.41) is 5.46. The monoisotopic (exact) mass is 445 g/mol. The van der Waals surface area contributed by atoms with E-state index in [1.807, 2.05) is 33.3 Å². The maximum atomic E-state index is 13.1. The fourth-order valence-electron chi connectivity index (χ4n) is 4.79. The molecule has 164 valence electrons. The molecule has 0 aliphatic carbocycles. The number of piperidine rings is 1. The number of nitrogens with zero attached hydrogens (tertiary/aromatic N) is 5. The molecule has 2 aromatic carbocycles. The van der Waals surface area contributed by atoms with Crippen LogP contribution in [0.3, 0.4) is 0 Å². The van der Waals surface area contributed by atoms with E-state index in [0.717, 1.165) is 18.5 Å². The van der Waals surface area contributed by atoms with Gasteiger partial charge in [0.05, 0.1) is 17.6 Å². The van der Waals surface area contributed by atoms with Crippen molar-refractivity contribution in [2.24, 2.45) is 0 Å². The van der Waals surface area contributed by atoms with Gasteiger partial charge in [0.1, 0.15) is 0 Å². The summed E-state index contributed by atoms with van der Waals surface area (Å²) in [7, 11) is 0. The molecule has 0 spiro atoms. The van der Waals surface area contributed by atoms with Crippen LogP contribution in [0.15, 0.2) is 72.0 Å². The van der Waals surface area contributed by atoms with E-state index < -0.39 is 0 Å². The Hall–Kier alpha value is -3.03. The van der Waals surface area contributed by atoms with E-state index in [4.69, 9.17) is 17.3 Å². The molecule has 4 aromatic rings. The number of hydrogen-bond donors (Lipinski definition) is 0. The van der Waals surface area contributed by atoms with Gasteiger partial charge in [0, 0.05) is 19.1 Å². The molecule has 6 nitrogen and oxygen atoms in total. The lowest BCUT2D eigenvalue weighted by atomic mass is 9.96. The first-order valence-corrected chi connectivity index (χ1v) is 11.6. The van der Waals surface area contributed by atoms with E-state index >= 15 is 0 Å². The van der Waals surface area contributed by atoms with Crippen LogP contribution in [0.5, 0.6) is 0 Å². The predicted molar refractivity (Wildman–Crippen MR) is 130 cm³/mol. The number of benzene rings is 2. The van der Waals surface area contributed by atoms with Gasteiger partial charge < -0.3 is 0 Å². The Morgan fingerprint density at radius 2 is 1.88 bits per heavy atom. The smallest absolute Gasteiger partial charge is 0.263 e. The molecule has 1 saturated heterocycles. The molecule has 7 heteroatoms. The second kappa shape index (κ2) is 8.84. The highest BCUT2D eigenvalue weighted by Crippen LogP contribution is 2.22. The minimum absolute atomic E-state index is 0.0694. The number of likely N-dealkylation sites (tertiary alicyclic amines) is 1. The standard InChI is InChI=1S/C25H27N5OS/c1-2-15-28-23(31)21-13-6-7-14-22(21)30-24(28)26-29(25(30)32)18-27-16-9-8-12-20(27)17-19-10-4-3-5-11-19/h2-7,10-11,13-14,20H,1,8-9,12,15-18H2. The summed E-state index contributed by atoms with van der Waals surface area (Å²) in [6, 6.07) is 18.7. The third-order valence-electron chi connectivity index (χ3n) is 6.37. The van der Waals surface area contributed by atoms with Gasteiger partial charge in [-0.25, -0.2) is 4.68 Å². The number of para-hydroxylation sites is 1. The topological polar surface area (TPSA) is 47.5 Å². The fourth-order valence-corrected chi connectivity index (χ4v) is 5.07. The number of hydrogen-bond acceptors (Lipinski definition) is 4. The lowest BCUT2D eigenvalue weighted by Gasteiger charge is -2.35. The van der Waals surface area contributed by atoms with Gasteiger partial charge in [-0.05, 0) is 49.2 Å². The lowest BCUT2D eigenvalue weighted by molar-refractivity contribution is 0.103. The van der Waals surface area contributed by atoms with Crippen LogP contribution in [0, 0.1) is 4.77 Å². The zero-order chi connectivity index (χ0) is 22.1. The van der Waals surface area contributed by atoms with Gasteiger partial charge in [-0.15, -0.1) is 11.7 Å². The van der Waals surface area contributed by atoms with Crippen molar-refractivity contribution in [1.29, 1.82) is 0 Å². The second-order valence-electron chi connectivity index (χ2n) is 8.43. The second-order valence-corrected chi connectivity index (χ2v) is 8.80. The average molecular weight is 446 g/mol. The Kier molecular flexibility index (Phi) is 5.76. The lowest BCUT2D eigenvalue weighted by Crippen LogP contribution is -2.42. The fraction of sp³-hybridized carbons (Fsp3) is 0.320. The average Bonchev–Trinajstić information content (AvgIpc) is 3.14. The van der Waals surface area contributed by atoms with Crippen LogP contribution in [0.4, 0.5) is 0 Å². The largest absolute Gasteiger partial charge is 0.281 e. The molecule has 0 saturated carbocycles. The summed E-state index contributed by atoms with van der Waals surface area (Å²) in [4.78, 5) is 15.6. The van der Waals surface area contributed by atoms with E-state index in [9.17, 15) is 4.79 Å². The molecule has 1 fully saturated rings. The van der Waals surface area contributed by atoms with Crippen LogP contribution < -0.4 is 5.56 Å². The van der Waals surface area contributed by atoms with Crippen LogP contribution in [-0.2, 0) is 19.6 Å². The van der Waals surface area contributed by atoms with Crippen molar-refractivity contribution in [1.82, 2.24) is 23.6 Å². The summed E-state index contributed by atoms with van der Waals surface area (Å²) in [5.74, 6) is 0.565. The molecule has 1 aliphatic rings. The van der Waals surface area contributed by atoms with Crippen molar-refractivity contribution in [2.45, 2.75) is 44.9 Å². The molecular formula is C25H27N5OS. The first-order valence-electron chi connectivity index (χ1n) is 11.2. The molecule has 0 radical (unpaired) electrons. The van der Waals surface area contributed by atoms with Crippen molar-refractivity contribution in [3.8, 4) is 0 Å². The zero-order valence-electron chi connectivity index (χ0n) is 18.1. The molecule has 0 bridgehead atoms. The number of allylic oxidation sites excluding steroid dienone is 1. The SMILES string of the molecule is C=CCn1c(=O)c2ccccc2n2c(=S)n(CN3CCCCC3Cc3ccccc3)nc12. The summed E-state index contributed by atoms with van der Waals surface area (Å²) in [6.45, 7) is 5.85. The van der Waals surface area contributed by atoms with E-state index in [2.05, 4.69) is 41.8 Å². The minimum atomic E-state index is -0.0694. The maximum Gasteiger partial charge on any atom is 0.263 e. The van der Waals surface area contributed by atoms with Crippen molar-refractivity contribution >= 4 is 28.9 Å². The van der Waals surface area contributed by atoms with Crippen molar-refractivity contribution in [2.75, 3.05) is 6.54 Å². The Balaban J connectivity index is 1.57. The van der Waals surface area contributed by atoms with E-state index in [1.54, 1.807) is 10.6 Å². The zero-order valence-corrected chi connectivity index (χ0v) is 18.9. The van der Waals surface area contributed by atoms with Gasteiger partial charge in [0.2, 0.25) is 10.5 Å². The molecule has 5 rings (SSSR count). The van der Waals surface area contributed by atoms with Crippen molar-refractivity contribution in [3.05, 3.63) is 87.9 Å². The maximum absolute atomic E-state index is 13.1. The number of fused-ring (bicyclic) bond motifs is 3. The highest BCUT2D eigenvalue weighted by Gasteiger charge is 2.24. The summed E-state index contributed by atoms with van der Waals surface area (Å²) in [6.07, 6.45) is 6.33. The van der Waals surface area contributed by atoms with Crippen LogP contribution in [0.25, 0.3) is 16.7 Å². The van der Waals surface area contributed by atoms with Crippen LogP contribution >= 0.6 is 12.2 Å². The normalized spacial score (nSPS) is 17.2. The Labute approximate surface area is 192 Å². The van der Waals surface area contributed by atoms with Gasteiger partial charge in [-0.1, -0.05) is 55.0 Å². The molecule has 3 heterocycles. The van der Waals surface area contributed by atoms with E-state index in [-0.39, 0.29) is 5.56 Å². The molecule has 0 amide bonds. The molecule has 1 atom stereocenters. The van der Waals surface area contributed by atoms with Gasteiger partial charge in [0.15, 0.2) is 0 Å². The minimum Gasteiger partial charge on any atom is -0.281 e. The first kappa shape index (κ1) is 20.8. The Morgan fingerprint density at radius 3 is 2.69 bits per heavy atom. The Bertz CT molecular complexity index is 1380. The highest BCUT2D eigenvalue weighted by molar-refractivity contribution is 7.71. The Morgan fingerprint density at radius 1 is 1.09 bits per heavy atom. The summed E-state index contributed by atoms with van der Waals surface area (Å²) in [5.41, 5.74) is 2.08. The van der Waals surface area contributed by atoms with Gasteiger partial charge in [0.25, 0.3) is 5.56 Å². The van der Waals surface area contributed by atoms with Gasteiger partial charge >= 0.3 is 0 Å². The van der Waals surface area contributed by atoms with Gasteiger partial charge in [-0.3, -0.25) is 18.7 Å². The first-order chi connectivity index (χ1) is 15.7. The predicted octanol–water partition coefficient (Wildman–Crippen LogP) is 4.42. The number of rotatable bonds is 6. The molecule has 1 aliphatic heterocycles. The van der Waals surface area contributed by atoms with Crippen LogP contribution in [-0.4, -0.2) is 36.2 Å². The summed E-state index contributed by atoms with van der Waals surface area (Å²) < 4.78 is 6.06. The highest BCUT2D eigenvalue weighted by atomic mass is 32.1. The summed E-state index contributed by atoms with van der Waals surface area (Å²) >= 11 is 5.87.